The van der Waals surface area contributed by atoms with E-state index in [0.29, 0.717) is 12.1 Å². The SMILES string of the molecule is CC(F)(F)c1nc(C23CC2CN(C(=O)c2cc(S(C)(=O)=O)ccc2OCC(F)(F)F)C3)cs1. The van der Waals surface area contributed by atoms with Gasteiger partial charge in [0.1, 0.15) is 5.75 Å². The third kappa shape index (κ3) is 4.70. The maximum atomic E-state index is 13.6. The first kappa shape index (κ1) is 23.9. The van der Waals surface area contributed by atoms with Crippen molar-refractivity contribution in [3.8, 4) is 5.75 Å². The number of ether oxygens (including phenoxy) is 1. The monoisotopic (exact) mass is 510 g/mol. The third-order valence-corrected chi connectivity index (χ3v) is 7.95. The van der Waals surface area contributed by atoms with Crippen LogP contribution in [0.25, 0.3) is 0 Å². The Kier molecular flexibility index (Phi) is 5.51. The van der Waals surface area contributed by atoms with Crippen LogP contribution in [-0.2, 0) is 21.2 Å². The van der Waals surface area contributed by atoms with E-state index >= 15 is 0 Å². The molecule has 1 amide bonds. The van der Waals surface area contributed by atoms with E-state index in [4.69, 9.17) is 4.74 Å². The number of sulfone groups is 1. The summed E-state index contributed by atoms with van der Waals surface area (Å²) >= 11 is 0.833. The number of likely N-dealkylation sites (tertiary alicyclic amines) is 1. The van der Waals surface area contributed by atoms with Gasteiger partial charge in [-0.05, 0) is 30.5 Å². The van der Waals surface area contributed by atoms with Crippen molar-refractivity contribution in [2.75, 3.05) is 26.0 Å². The first-order valence-corrected chi connectivity index (χ1v) is 12.5. The van der Waals surface area contributed by atoms with Crippen LogP contribution in [0, 0.1) is 5.92 Å². The lowest BCUT2D eigenvalue weighted by molar-refractivity contribution is -0.153. The van der Waals surface area contributed by atoms with Crippen LogP contribution in [0.3, 0.4) is 0 Å². The zero-order valence-electron chi connectivity index (χ0n) is 17.4. The fourth-order valence-electron chi connectivity index (χ4n) is 4.10. The maximum Gasteiger partial charge on any atom is 0.422 e. The summed E-state index contributed by atoms with van der Waals surface area (Å²) in [5, 5.41) is 1.22. The number of alkyl halides is 5. The second-order valence-corrected chi connectivity index (χ2v) is 11.4. The molecular formula is C20H19F5N2O4S2. The molecule has 2 fully saturated rings. The summed E-state index contributed by atoms with van der Waals surface area (Å²) in [7, 11) is -3.74. The number of amides is 1. The maximum absolute atomic E-state index is 13.6. The number of aromatic nitrogens is 1. The average Bonchev–Trinajstić information content (AvgIpc) is 3.07. The van der Waals surface area contributed by atoms with Crippen LogP contribution in [0.4, 0.5) is 22.0 Å². The van der Waals surface area contributed by atoms with Gasteiger partial charge in [0.05, 0.1) is 16.2 Å². The molecular weight excluding hydrogens is 491 g/mol. The number of piperidine rings is 1. The molecule has 6 nitrogen and oxygen atoms in total. The predicted molar refractivity (Wildman–Crippen MR) is 108 cm³/mol. The van der Waals surface area contributed by atoms with Gasteiger partial charge in [-0.25, -0.2) is 13.4 Å². The summed E-state index contributed by atoms with van der Waals surface area (Å²) in [5.41, 5.74) is -0.433. The summed E-state index contributed by atoms with van der Waals surface area (Å²) in [6, 6.07) is 3.10. The van der Waals surface area contributed by atoms with E-state index in [1.807, 2.05) is 0 Å². The summed E-state index contributed by atoms with van der Waals surface area (Å²) in [5.74, 6) is -4.20. The van der Waals surface area contributed by atoms with Crippen molar-refractivity contribution in [1.82, 2.24) is 9.88 Å². The number of halogens is 5. The van der Waals surface area contributed by atoms with Gasteiger partial charge in [0.15, 0.2) is 21.5 Å². The van der Waals surface area contributed by atoms with Crippen molar-refractivity contribution < 1.29 is 39.9 Å². The molecule has 13 heteroatoms. The number of carbonyl (C=O) groups is 1. The number of fused-ring (bicyclic) bond motifs is 1. The van der Waals surface area contributed by atoms with Gasteiger partial charge in [-0.3, -0.25) is 4.79 Å². The first-order valence-electron chi connectivity index (χ1n) is 9.77. The van der Waals surface area contributed by atoms with Crippen LogP contribution in [0.15, 0.2) is 28.5 Å². The van der Waals surface area contributed by atoms with Gasteiger partial charge < -0.3 is 9.64 Å². The Labute approximate surface area is 190 Å². The molecule has 2 unspecified atom stereocenters. The molecule has 33 heavy (non-hydrogen) atoms. The van der Waals surface area contributed by atoms with E-state index in [0.717, 1.165) is 42.7 Å². The molecule has 1 saturated heterocycles. The minimum Gasteiger partial charge on any atom is -0.483 e. The van der Waals surface area contributed by atoms with Gasteiger partial charge in [-0.1, -0.05) is 0 Å². The lowest BCUT2D eigenvalue weighted by atomic mass is 10.0. The zero-order chi connectivity index (χ0) is 24.4. The smallest absolute Gasteiger partial charge is 0.422 e. The van der Waals surface area contributed by atoms with Gasteiger partial charge in [0.2, 0.25) is 0 Å². The molecule has 2 aliphatic rings. The quantitative estimate of drug-likeness (QED) is 0.549. The van der Waals surface area contributed by atoms with Gasteiger partial charge in [-0.15, -0.1) is 11.3 Å². The largest absolute Gasteiger partial charge is 0.483 e. The topological polar surface area (TPSA) is 76.6 Å². The molecule has 0 N–H and O–H groups in total. The Bertz CT molecular complexity index is 1210. The zero-order valence-corrected chi connectivity index (χ0v) is 19.1. The highest BCUT2D eigenvalue weighted by molar-refractivity contribution is 7.90. The predicted octanol–water partition coefficient (Wildman–Crippen LogP) is 4.01. The Morgan fingerprint density at radius 1 is 1.30 bits per heavy atom. The number of nitrogens with zero attached hydrogens (tertiary/aromatic N) is 2. The van der Waals surface area contributed by atoms with E-state index in [-0.39, 0.29) is 40.2 Å². The van der Waals surface area contributed by atoms with E-state index in [1.165, 1.54) is 4.90 Å². The van der Waals surface area contributed by atoms with Crippen molar-refractivity contribution in [1.29, 1.82) is 0 Å². The number of benzene rings is 1. The van der Waals surface area contributed by atoms with E-state index in [1.54, 1.807) is 5.38 Å². The molecule has 0 bridgehead atoms. The second kappa shape index (κ2) is 7.62. The van der Waals surface area contributed by atoms with Gasteiger partial charge >= 0.3 is 6.18 Å². The molecule has 0 spiro atoms. The second-order valence-electron chi connectivity index (χ2n) is 8.50. The molecule has 1 aliphatic carbocycles. The molecule has 0 radical (unpaired) electrons. The Morgan fingerprint density at radius 3 is 2.58 bits per heavy atom. The van der Waals surface area contributed by atoms with Crippen molar-refractivity contribution in [3.05, 3.63) is 39.8 Å². The Balaban J connectivity index is 1.61. The molecule has 1 aromatic heterocycles. The lowest BCUT2D eigenvalue weighted by Crippen LogP contribution is -2.33. The molecule has 2 aromatic rings. The van der Waals surface area contributed by atoms with Crippen LogP contribution in [0.1, 0.15) is 34.4 Å². The molecule has 1 aliphatic heterocycles. The highest BCUT2D eigenvalue weighted by Crippen LogP contribution is 2.59. The molecule has 180 valence electrons. The van der Waals surface area contributed by atoms with E-state index in [9.17, 15) is 35.2 Å². The van der Waals surface area contributed by atoms with Crippen molar-refractivity contribution in [2.45, 2.75) is 35.8 Å². The molecule has 4 rings (SSSR count). The van der Waals surface area contributed by atoms with Gasteiger partial charge in [-0.2, -0.15) is 22.0 Å². The minimum absolute atomic E-state index is 0.0282. The summed E-state index contributed by atoms with van der Waals surface area (Å²) < 4.78 is 93.8. The Morgan fingerprint density at radius 2 is 2.00 bits per heavy atom. The first-order chi connectivity index (χ1) is 15.1. The Hall–Kier alpha value is -2.28. The number of carbonyl (C=O) groups excluding carboxylic acids is 1. The highest BCUT2D eigenvalue weighted by Gasteiger charge is 2.63. The van der Waals surface area contributed by atoms with Gasteiger partial charge in [0, 0.05) is 37.1 Å². The van der Waals surface area contributed by atoms with E-state index < -0.39 is 39.9 Å². The number of rotatable bonds is 6. The van der Waals surface area contributed by atoms with E-state index in [2.05, 4.69) is 4.98 Å². The number of thiazole rings is 1. The molecule has 2 heterocycles. The summed E-state index contributed by atoms with van der Waals surface area (Å²) in [4.78, 5) is 18.4. The normalized spacial score (nSPS) is 22.9. The molecule has 2 atom stereocenters. The number of hydrogen-bond donors (Lipinski definition) is 0. The fraction of sp³-hybridized carbons (Fsp3) is 0.500. The highest BCUT2D eigenvalue weighted by atomic mass is 32.2. The lowest BCUT2D eigenvalue weighted by Gasteiger charge is -2.22. The summed E-state index contributed by atoms with van der Waals surface area (Å²) in [6.45, 7) is -0.517. The van der Waals surface area contributed by atoms with Crippen molar-refractivity contribution >= 4 is 27.1 Å². The molecule has 1 aromatic carbocycles. The van der Waals surface area contributed by atoms with Crippen molar-refractivity contribution in [2.24, 2.45) is 5.92 Å². The molecule has 1 saturated carbocycles. The third-order valence-electron chi connectivity index (χ3n) is 5.82. The van der Waals surface area contributed by atoms with Crippen LogP contribution >= 0.6 is 11.3 Å². The summed E-state index contributed by atoms with van der Waals surface area (Å²) in [6.07, 6.45) is -3.09. The number of hydrogen-bond acceptors (Lipinski definition) is 6. The van der Waals surface area contributed by atoms with Gasteiger partial charge in [0.25, 0.3) is 11.8 Å². The minimum atomic E-state index is -4.65. The van der Waals surface area contributed by atoms with Crippen LogP contribution in [0.2, 0.25) is 0 Å². The van der Waals surface area contributed by atoms with Crippen LogP contribution in [-0.4, -0.2) is 56.3 Å². The van der Waals surface area contributed by atoms with Crippen LogP contribution < -0.4 is 4.74 Å². The standard InChI is InChI=1S/C20H19F5N2O4S2/c1-18(21,22)17-26-15(8-32-17)19-6-11(19)7-27(9-19)16(28)13-5-12(33(2,29)30)3-4-14(13)31-10-20(23,24)25/h3-5,8,11H,6-7,9-10H2,1-2H3. The average molecular weight is 511 g/mol. The van der Waals surface area contributed by atoms with Crippen molar-refractivity contribution in [3.63, 3.8) is 0 Å². The van der Waals surface area contributed by atoms with Crippen LogP contribution in [0.5, 0.6) is 5.75 Å². The fourth-order valence-corrected chi connectivity index (χ4v) is 5.62.